The number of pyridine rings is 1. The van der Waals surface area contributed by atoms with Crippen molar-refractivity contribution in [3.8, 4) is 16.9 Å². The molecule has 0 spiro atoms. The van der Waals surface area contributed by atoms with Crippen molar-refractivity contribution in [2.45, 2.75) is 18.9 Å². The Morgan fingerprint density at radius 2 is 2.04 bits per heavy atom. The van der Waals surface area contributed by atoms with E-state index in [1.807, 2.05) is 36.5 Å². The van der Waals surface area contributed by atoms with Gasteiger partial charge in [-0.25, -0.2) is 0 Å². The second-order valence-electron chi connectivity index (χ2n) is 6.69. The van der Waals surface area contributed by atoms with Gasteiger partial charge in [0.05, 0.1) is 6.10 Å². The van der Waals surface area contributed by atoms with Crippen molar-refractivity contribution in [3.05, 3.63) is 60.9 Å². The maximum atomic E-state index is 11.9. The normalized spacial score (nSPS) is 16.4. The highest BCUT2D eigenvalue weighted by Gasteiger charge is 2.16. The van der Waals surface area contributed by atoms with Crippen LogP contribution in [-0.2, 0) is 9.53 Å². The van der Waals surface area contributed by atoms with Crippen molar-refractivity contribution in [2.24, 2.45) is 0 Å². The molecule has 1 N–H and O–H groups in total. The fraction of sp³-hybridized carbons (Fsp3) is 0.273. The molecule has 1 aliphatic heterocycles. The van der Waals surface area contributed by atoms with Crippen LogP contribution in [0.15, 0.2) is 60.9 Å². The quantitative estimate of drug-likeness (QED) is 0.728. The first-order chi connectivity index (χ1) is 13.3. The number of nitrogens with zero attached hydrogens (tertiary/aromatic N) is 1. The lowest BCUT2D eigenvalue weighted by atomic mass is 10.0. The number of carbonyl (C=O) groups is 1. The summed E-state index contributed by atoms with van der Waals surface area (Å²) < 4.78 is 11.1. The monoisotopic (exact) mass is 362 g/mol. The summed E-state index contributed by atoms with van der Waals surface area (Å²) in [6, 6.07) is 16.1. The van der Waals surface area contributed by atoms with Gasteiger partial charge in [-0.05, 0) is 53.4 Å². The molecule has 3 aromatic rings. The van der Waals surface area contributed by atoms with E-state index in [0.717, 1.165) is 41.3 Å². The van der Waals surface area contributed by atoms with Gasteiger partial charge in [0.25, 0.3) is 5.91 Å². The Labute approximate surface area is 158 Å². The molecule has 5 nitrogen and oxygen atoms in total. The first-order valence-electron chi connectivity index (χ1n) is 9.23. The van der Waals surface area contributed by atoms with Crippen LogP contribution >= 0.6 is 0 Å². The molecule has 1 fully saturated rings. The molecule has 27 heavy (non-hydrogen) atoms. The molecule has 0 radical (unpaired) electrons. The number of aromatic nitrogens is 1. The summed E-state index contributed by atoms with van der Waals surface area (Å²) in [6.07, 6.45) is 5.84. The summed E-state index contributed by atoms with van der Waals surface area (Å²) in [5.74, 6) is 0.557. The van der Waals surface area contributed by atoms with Gasteiger partial charge >= 0.3 is 0 Å². The SMILES string of the molecule is O=C(COc1ccc2cc(-c3cccnc3)ccc2c1)NCC1CCCO1. The highest BCUT2D eigenvalue weighted by Crippen LogP contribution is 2.26. The van der Waals surface area contributed by atoms with Crippen molar-refractivity contribution in [3.63, 3.8) is 0 Å². The van der Waals surface area contributed by atoms with Gasteiger partial charge in [-0.2, -0.15) is 0 Å². The number of fused-ring (bicyclic) bond motifs is 1. The summed E-state index contributed by atoms with van der Waals surface area (Å²) in [4.78, 5) is 16.1. The van der Waals surface area contributed by atoms with Crippen molar-refractivity contribution in [1.82, 2.24) is 10.3 Å². The standard InChI is InChI=1S/C22H22N2O3/c25-22(24-14-21-4-2-10-26-21)15-27-20-8-7-16-11-17(5-6-18(16)12-20)19-3-1-9-23-13-19/h1,3,5-9,11-13,21H,2,4,10,14-15H2,(H,24,25). The maximum absolute atomic E-state index is 11.9. The number of rotatable bonds is 6. The molecule has 1 aromatic heterocycles. The topological polar surface area (TPSA) is 60.5 Å². The second kappa shape index (κ2) is 8.18. The van der Waals surface area contributed by atoms with Crippen LogP contribution in [0, 0.1) is 0 Å². The molecular formula is C22H22N2O3. The minimum atomic E-state index is -0.127. The van der Waals surface area contributed by atoms with Gasteiger partial charge in [-0.3, -0.25) is 9.78 Å². The Bertz CT molecular complexity index is 921. The van der Waals surface area contributed by atoms with Gasteiger partial charge < -0.3 is 14.8 Å². The van der Waals surface area contributed by atoms with Gasteiger partial charge in [0.1, 0.15) is 5.75 Å². The Balaban J connectivity index is 1.37. The molecule has 1 amide bonds. The van der Waals surface area contributed by atoms with Crippen LogP contribution in [0.25, 0.3) is 21.9 Å². The third-order valence-corrected chi connectivity index (χ3v) is 4.73. The van der Waals surface area contributed by atoms with Gasteiger partial charge in [0.15, 0.2) is 6.61 Å². The van der Waals surface area contributed by atoms with E-state index in [9.17, 15) is 4.79 Å². The molecular weight excluding hydrogens is 340 g/mol. The molecule has 2 aromatic carbocycles. The summed E-state index contributed by atoms with van der Waals surface area (Å²) in [7, 11) is 0. The number of carbonyl (C=O) groups excluding carboxylic acids is 1. The van der Waals surface area contributed by atoms with Crippen molar-refractivity contribution in [2.75, 3.05) is 19.8 Å². The van der Waals surface area contributed by atoms with E-state index in [2.05, 4.69) is 28.5 Å². The Kier molecular flexibility index (Phi) is 5.30. The summed E-state index contributed by atoms with van der Waals surface area (Å²) in [5, 5.41) is 5.05. The number of ether oxygens (including phenoxy) is 2. The summed E-state index contributed by atoms with van der Waals surface area (Å²) >= 11 is 0. The maximum Gasteiger partial charge on any atom is 0.258 e. The number of hydrogen-bond acceptors (Lipinski definition) is 4. The van der Waals surface area contributed by atoms with E-state index >= 15 is 0 Å². The largest absolute Gasteiger partial charge is 0.484 e. The molecule has 0 bridgehead atoms. The van der Waals surface area contributed by atoms with Crippen LogP contribution in [0.4, 0.5) is 0 Å². The highest BCUT2D eigenvalue weighted by molar-refractivity contribution is 5.88. The zero-order valence-corrected chi connectivity index (χ0v) is 15.1. The first-order valence-corrected chi connectivity index (χ1v) is 9.23. The lowest BCUT2D eigenvalue weighted by Crippen LogP contribution is -2.35. The van der Waals surface area contributed by atoms with Gasteiger partial charge in [-0.15, -0.1) is 0 Å². The van der Waals surface area contributed by atoms with E-state index in [-0.39, 0.29) is 18.6 Å². The van der Waals surface area contributed by atoms with Gasteiger partial charge in [0, 0.05) is 31.1 Å². The van der Waals surface area contributed by atoms with Crippen LogP contribution in [0.2, 0.25) is 0 Å². The zero-order chi connectivity index (χ0) is 18.5. The van der Waals surface area contributed by atoms with Crippen LogP contribution in [0.3, 0.4) is 0 Å². The molecule has 5 heteroatoms. The van der Waals surface area contributed by atoms with Crippen LogP contribution in [0.5, 0.6) is 5.75 Å². The average molecular weight is 362 g/mol. The molecule has 1 saturated heterocycles. The summed E-state index contributed by atoms with van der Waals surface area (Å²) in [5.41, 5.74) is 2.21. The van der Waals surface area contributed by atoms with Crippen LogP contribution in [-0.4, -0.2) is 36.8 Å². The lowest BCUT2D eigenvalue weighted by Gasteiger charge is -2.12. The second-order valence-corrected chi connectivity index (χ2v) is 6.69. The van der Waals surface area contributed by atoms with Crippen LogP contribution < -0.4 is 10.1 Å². The Hall–Kier alpha value is -2.92. The molecule has 0 saturated carbocycles. The molecule has 0 aliphatic carbocycles. The van der Waals surface area contributed by atoms with E-state index in [0.29, 0.717) is 12.3 Å². The van der Waals surface area contributed by atoms with Crippen molar-refractivity contribution < 1.29 is 14.3 Å². The molecule has 1 unspecified atom stereocenters. The third-order valence-electron chi connectivity index (χ3n) is 4.73. The smallest absolute Gasteiger partial charge is 0.258 e. The average Bonchev–Trinajstić information content (AvgIpc) is 3.24. The molecule has 1 atom stereocenters. The fourth-order valence-corrected chi connectivity index (χ4v) is 3.26. The third kappa shape index (κ3) is 4.44. The molecule has 1 aliphatic rings. The van der Waals surface area contributed by atoms with E-state index in [4.69, 9.17) is 9.47 Å². The minimum Gasteiger partial charge on any atom is -0.484 e. The number of amides is 1. The van der Waals surface area contributed by atoms with Crippen LogP contribution in [0.1, 0.15) is 12.8 Å². The number of benzene rings is 2. The fourth-order valence-electron chi connectivity index (χ4n) is 3.26. The van der Waals surface area contributed by atoms with E-state index < -0.39 is 0 Å². The summed E-state index contributed by atoms with van der Waals surface area (Å²) in [6.45, 7) is 1.35. The number of nitrogens with one attached hydrogen (secondary N) is 1. The van der Waals surface area contributed by atoms with E-state index in [1.54, 1.807) is 6.20 Å². The zero-order valence-electron chi connectivity index (χ0n) is 15.1. The Morgan fingerprint density at radius 1 is 1.15 bits per heavy atom. The van der Waals surface area contributed by atoms with Gasteiger partial charge in [0.2, 0.25) is 0 Å². The molecule has 138 valence electrons. The Morgan fingerprint density at radius 3 is 2.85 bits per heavy atom. The van der Waals surface area contributed by atoms with Crippen molar-refractivity contribution in [1.29, 1.82) is 0 Å². The number of hydrogen-bond donors (Lipinski definition) is 1. The minimum absolute atomic E-state index is 0.00595. The predicted octanol–water partition coefficient (Wildman–Crippen LogP) is 3.58. The first kappa shape index (κ1) is 17.5. The van der Waals surface area contributed by atoms with E-state index in [1.165, 1.54) is 0 Å². The lowest BCUT2D eigenvalue weighted by molar-refractivity contribution is -0.123. The highest BCUT2D eigenvalue weighted by atomic mass is 16.5. The van der Waals surface area contributed by atoms with Gasteiger partial charge in [-0.1, -0.05) is 24.3 Å². The van der Waals surface area contributed by atoms with Crippen molar-refractivity contribution >= 4 is 16.7 Å². The molecule has 2 heterocycles. The molecule has 4 rings (SSSR count). The predicted molar refractivity (Wildman–Crippen MR) is 105 cm³/mol.